The van der Waals surface area contributed by atoms with Gasteiger partial charge in [0.15, 0.2) is 0 Å². The van der Waals surface area contributed by atoms with E-state index in [2.05, 4.69) is 21.2 Å². The number of pyridine rings is 1. The van der Waals surface area contributed by atoms with Gasteiger partial charge in [0.05, 0.1) is 24.5 Å². The Labute approximate surface area is 133 Å². The predicted octanol–water partition coefficient (Wildman–Crippen LogP) is 4.30. The molecule has 4 nitrogen and oxygen atoms in total. The number of fused-ring (bicyclic) bond motifs is 1. The first-order valence-electron chi connectivity index (χ1n) is 7.39. The van der Waals surface area contributed by atoms with E-state index < -0.39 is 0 Å². The van der Waals surface area contributed by atoms with Crippen LogP contribution in [0.5, 0.6) is 5.75 Å². The molecule has 0 spiro atoms. The van der Waals surface area contributed by atoms with Crippen LogP contribution in [0.2, 0.25) is 0 Å². The molecule has 112 valence electrons. The molecule has 0 aliphatic carbocycles. The molecule has 23 heavy (non-hydrogen) atoms. The minimum absolute atomic E-state index is 0.827. The molecular weight excluding hydrogens is 286 g/mol. The number of hydrogen-bond donors (Lipinski definition) is 1. The number of rotatable bonds is 3. The van der Waals surface area contributed by atoms with Crippen molar-refractivity contribution in [1.82, 2.24) is 15.2 Å². The van der Waals surface area contributed by atoms with Crippen molar-refractivity contribution in [2.24, 2.45) is 0 Å². The van der Waals surface area contributed by atoms with E-state index in [4.69, 9.17) is 4.74 Å². The number of para-hydroxylation sites is 2. The van der Waals surface area contributed by atoms with Crippen LogP contribution in [0.25, 0.3) is 33.3 Å². The summed E-state index contributed by atoms with van der Waals surface area (Å²) in [6, 6.07) is 18.1. The van der Waals surface area contributed by atoms with Gasteiger partial charge in [-0.15, -0.1) is 0 Å². The van der Waals surface area contributed by atoms with Crippen LogP contribution < -0.4 is 4.74 Å². The lowest BCUT2D eigenvalue weighted by atomic mass is 9.99. The fourth-order valence-electron chi connectivity index (χ4n) is 2.88. The molecule has 0 aliphatic rings. The highest BCUT2D eigenvalue weighted by molar-refractivity contribution is 5.97. The van der Waals surface area contributed by atoms with E-state index in [-0.39, 0.29) is 0 Å². The van der Waals surface area contributed by atoms with E-state index in [1.807, 2.05) is 60.9 Å². The molecule has 0 radical (unpaired) electrons. The zero-order valence-corrected chi connectivity index (χ0v) is 12.7. The molecule has 0 unspecified atom stereocenters. The normalized spacial score (nSPS) is 10.8. The molecule has 4 rings (SSSR count). The number of aromatic nitrogens is 3. The van der Waals surface area contributed by atoms with Gasteiger partial charge in [0.2, 0.25) is 0 Å². The molecule has 2 aromatic heterocycles. The lowest BCUT2D eigenvalue weighted by Gasteiger charge is -2.10. The first kappa shape index (κ1) is 13.5. The van der Waals surface area contributed by atoms with Gasteiger partial charge in [-0.25, -0.2) is 0 Å². The molecule has 0 aliphatic heterocycles. The lowest BCUT2D eigenvalue weighted by molar-refractivity contribution is 0.416. The summed E-state index contributed by atoms with van der Waals surface area (Å²) in [7, 11) is 1.68. The molecule has 4 heteroatoms. The fraction of sp³-hybridized carbons (Fsp3) is 0.0526. The van der Waals surface area contributed by atoms with Gasteiger partial charge in [0, 0.05) is 28.3 Å². The average Bonchev–Trinajstić information content (AvgIpc) is 3.10. The monoisotopic (exact) mass is 301 g/mol. The van der Waals surface area contributed by atoms with Crippen molar-refractivity contribution in [1.29, 1.82) is 0 Å². The van der Waals surface area contributed by atoms with Gasteiger partial charge in [-0.2, -0.15) is 5.10 Å². The third kappa shape index (κ3) is 2.25. The van der Waals surface area contributed by atoms with Gasteiger partial charge in [-0.05, 0) is 18.2 Å². The van der Waals surface area contributed by atoms with Crippen molar-refractivity contribution in [3.63, 3.8) is 0 Å². The standard InChI is InChI=1S/C19H15N3O/c1-23-18-9-5-3-7-14(18)16-12-21-22-19(16)15-10-11-20-17-8-4-2-6-13(15)17/h2-12H,1H3,(H,21,22). The molecule has 2 aromatic carbocycles. The summed E-state index contributed by atoms with van der Waals surface area (Å²) in [5.74, 6) is 0.827. The Balaban J connectivity index is 1.97. The number of methoxy groups -OCH3 is 1. The van der Waals surface area contributed by atoms with E-state index in [0.717, 1.165) is 39.0 Å². The molecule has 0 amide bonds. The van der Waals surface area contributed by atoms with Gasteiger partial charge in [-0.3, -0.25) is 10.1 Å². The zero-order chi connectivity index (χ0) is 15.6. The maximum Gasteiger partial charge on any atom is 0.126 e. The van der Waals surface area contributed by atoms with Gasteiger partial charge >= 0.3 is 0 Å². The van der Waals surface area contributed by atoms with E-state index in [9.17, 15) is 0 Å². The van der Waals surface area contributed by atoms with Crippen LogP contribution in [0.1, 0.15) is 0 Å². The number of aromatic amines is 1. The van der Waals surface area contributed by atoms with Gasteiger partial charge in [0.1, 0.15) is 5.75 Å². The van der Waals surface area contributed by atoms with Crippen molar-refractivity contribution in [2.45, 2.75) is 0 Å². The Bertz CT molecular complexity index is 970. The van der Waals surface area contributed by atoms with E-state index >= 15 is 0 Å². The minimum Gasteiger partial charge on any atom is -0.496 e. The summed E-state index contributed by atoms with van der Waals surface area (Å²) in [6.07, 6.45) is 3.66. The second-order valence-corrected chi connectivity index (χ2v) is 5.23. The van der Waals surface area contributed by atoms with Gasteiger partial charge in [-0.1, -0.05) is 36.4 Å². The largest absolute Gasteiger partial charge is 0.496 e. The summed E-state index contributed by atoms with van der Waals surface area (Å²) in [6.45, 7) is 0. The number of H-pyrrole nitrogens is 1. The van der Waals surface area contributed by atoms with Crippen LogP contribution in [0.4, 0.5) is 0 Å². The van der Waals surface area contributed by atoms with Crippen molar-refractivity contribution >= 4 is 10.9 Å². The second kappa shape index (κ2) is 5.57. The summed E-state index contributed by atoms with van der Waals surface area (Å²) < 4.78 is 5.49. The molecule has 0 bridgehead atoms. The number of ether oxygens (including phenoxy) is 1. The Hall–Kier alpha value is -3.14. The van der Waals surface area contributed by atoms with Crippen LogP contribution in [0, 0.1) is 0 Å². The van der Waals surface area contributed by atoms with E-state index in [1.165, 1.54) is 0 Å². The first-order valence-corrected chi connectivity index (χ1v) is 7.39. The van der Waals surface area contributed by atoms with Crippen molar-refractivity contribution in [3.05, 3.63) is 67.0 Å². The SMILES string of the molecule is COc1ccccc1-c1cn[nH]c1-c1ccnc2ccccc12. The average molecular weight is 301 g/mol. The van der Waals surface area contributed by atoms with Crippen LogP contribution in [-0.2, 0) is 0 Å². The highest BCUT2D eigenvalue weighted by Gasteiger charge is 2.15. The molecule has 0 saturated heterocycles. The summed E-state index contributed by atoms with van der Waals surface area (Å²) in [4.78, 5) is 4.43. The van der Waals surface area contributed by atoms with Crippen LogP contribution in [-0.4, -0.2) is 22.3 Å². The maximum absolute atomic E-state index is 5.49. The molecule has 0 atom stereocenters. The molecule has 0 saturated carbocycles. The summed E-state index contributed by atoms with van der Waals surface area (Å²) in [5, 5.41) is 8.48. The lowest BCUT2D eigenvalue weighted by Crippen LogP contribution is -1.90. The molecule has 4 aromatic rings. The first-order chi connectivity index (χ1) is 11.4. The third-order valence-corrected chi connectivity index (χ3v) is 3.95. The zero-order valence-electron chi connectivity index (χ0n) is 12.7. The van der Waals surface area contributed by atoms with E-state index in [0.29, 0.717) is 0 Å². The van der Waals surface area contributed by atoms with Gasteiger partial charge in [0.25, 0.3) is 0 Å². The Morgan fingerprint density at radius 3 is 2.61 bits per heavy atom. The minimum atomic E-state index is 0.827. The highest BCUT2D eigenvalue weighted by Crippen LogP contribution is 2.37. The number of hydrogen-bond acceptors (Lipinski definition) is 3. The van der Waals surface area contributed by atoms with Crippen LogP contribution in [0.3, 0.4) is 0 Å². The number of nitrogens with zero attached hydrogens (tertiary/aromatic N) is 2. The van der Waals surface area contributed by atoms with Crippen LogP contribution in [0.15, 0.2) is 67.0 Å². The summed E-state index contributed by atoms with van der Waals surface area (Å²) in [5.41, 5.74) is 5.03. The third-order valence-electron chi connectivity index (χ3n) is 3.95. The maximum atomic E-state index is 5.49. The number of benzene rings is 2. The Morgan fingerprint density at radius 2 is 1.70 bits per heavy atom. The van der Waals surface area contributed by atoms with Crippen LogP contribution >= 0.6 is 0 Å². The number of nitrogens with one attached hydrogen (secondary N) is 1. The van der Waals surface area contributed by atoms with Gasteiger partial charge < -0.3 is 4.74 Å². The predicted molar refractivity (Wildman–Crippen MR) is 91.3 cm³/mol. The van der Waals surface area contributed by atoms with Crippen molar-refractivity contribution in [2.75, 3.05) is 7.11 Å². The van der Waals surface area contributed by atoms with Crippen molar-refractivity contribution < 1.29 is 4.74 Å². The molecule has 0 fully saturated rings. The van der Waals surface area contributed by atoms with Crippen molar-refractivity contribution in [3.8, 4) is 28.1 Å². The summed E-state index contributed by atoms with van der Waals surface area (Å²) >= 11 is 0. The highest BCUT2D eigenvalue weighted by atomic mass is 16.5. The van der Waals surface area contributed by atoms with E-state index in [1.54, 1.807) is 7.11 Å². The molecule has 1 N–H and O–H groups in total. The Kier molecular flexibility index (Phi) is 3.27. The second-order valence-electron chi connectivity index (χ2n) is 5.23. The molecular formula is C19H15N3O. The fourth-order valence-corrected chi connectivity index (χ4v) is 2.88. The topological polar surface area (TPSA) is 50.8 Å². The smallest absolute Gasteiger partial charge is 0.126 e. The molecule has 2 heterocycles. The Morgan fingerprint density at radius 1 is 0.870 bits per heavy atom. The quantitative estimate of drug-likeness (QED) is 0.614.